The van der Waals surface area contributed by atoms with Crippen LogP contribution in [-0.2, 0) is 21.1 Å². The molecule has 76 valence electrons. The molecule has 0 aliphatic carbocycles. The van der Waals surface area contributed by atoms with Gasteiger partial charge in [0.1, 0.15) is 0 Å². The second kappa shape index (κ2) is 22.6. The average Bonchev–Trinajstić information content (AvgIpc) is 1.25. The normalized spacial score (nSPS) is 5.45. The molecule has 0 spiro atoms. The maximum Gasteiger partial charge on any atom is 0.0689 e. The first-order valence-corrected chi connectivity index (χ1v) is 1.96. The summed E-state index contributed by atoms with van der Waals surface area (Å²) in [7, 11) is 0. The maximum absolute atomic E-state index is 8.25. The zero-order chi connectivity index (χ0) is 7.15. The van der Waals surface area contributed by atoms with E-state index in [0.29, 0.717) is 0 Å². The third-order valence-electron chi connectivity index (χ3n) is 0. The van der Waals surface area contributed by atoms with Gasteiger partial charge in [0.15, 0.2) is 0 Å². The van der Waals surface area contributed by atoms with Crippen LogP contribution < -0.4 is 6.15 Å². The van der Waals surface area contributed by atoms with Crippen molar-refractivity contribution in [3.63, 3.8) is 0 Å². The topological polar surface area (TPSA) is 154 Å². The minimum Gasteiger partial charge on any atom is -0.412 e. The van der Waals surface area contributed by atoms with Gasteiger partial charge in [-0.05, 0) is 13.8 Å². The zero-order valence-corrected chi connectivity index (χ0v) is 8.78. The molecule has 8 heteroatoms. The van der Waals surface area contributed by atoms with Crippen LogP contribution in [0.2, 0.25) is 0 Å². The quantitative estimate of drug-likeness (QED) is 0.453. The SMILES string of the molecule is CC(C)O.O.O=[N+]([O-])[O-].[NH4+].[Pt]. The molecule has 11 heavy (non-hydrogen) atoms. The van der Waals surface area contributed by atoms with Crippen molar-refractivity contribution in [2.45, 2.75) is 20.0 Å². The van der Waals surface area contributed by atoms with E-state index in [4.69, 9.17) is 20.4 Å². The van der Waals surface area contributed by atoms with Gasteiger partial charge in [0.25, 0.3) is 0 Å². The Balaban J connectivity index is -0.0000000171. The Morgan fingerprint density at radius 3 is 1.36 bits per heavy atom. The summed E-state index contributed by atoms with van der Waals surface area (Å²) in [6.45, 7) is 3.44. The fourth-order valence-corrected chi connectivity index (χ4v) is 0. The molecule has 0 aromatic rings. The Bertz CT molecular complexity index is 64.0. The van der Waals surface area contributed by atoms with Gasteiger partial charge < -0.3 is 32.1 Å². The van der Waals surface area contributed by atoms with Crippen molar-refractivity contribution in [3.8, 4) is 0 Å². The maximum atomic E-state index is 8.25. The molecule has 0 rings (SSSR count). The second-order valence-corrected chi connectivity index (χ2v) is 1.32. The van der Waals surface area contributed by atoms with Gasteiger partial charge in [-0.2, -0.15) is 0 Å². The molecule has 0 radical (unpaired) electrons. The molecule has 0 saturated heterocycles. The molecule has 0 aromatic heterocycles. The summed E-state index contributed by atoms with van der Waals surface area (Å²) in [6, 6.07) is 0. The molecule has 0 aromatic carbocycles. The second-order valence-electron chi connectivity index (χ2n) is 1.32. The van der Waals surface area contributed by atoms with Gasteiger partial charge in [-0.1, -0.05) is 0 Å². The summed E-state index contributed by atoms with van der Waals surface area (Å²) in [5, 5.41) is 22.8. The Hall–Kier alpha value is -0.232. The molecule has 0 unspecified atom stereocenters. The van der Waals surface area contributed by atoms with E-state index in [1.54, 1.807) is 13.8 Å². The smallest absolute Gasteiger partial charge is 0.0689 e. The van der Waals surface area contributed by atoms with Gasteiger partial charge in [-0.3, -0.25) is 0 Å². The van der Waals surface area contributed by atoms with Gasteiger partial charge in [0.05, 0.1) is 5.09 Å². The van der Waals surface area contributed by atoms with Crippen LogP contribution in [0, 0.1) is 15.3 Å². The number of aliphatic hydroxyl groups is 1. The molecule has 0 saturated carbocycles. The molecular weight excluding hydrogens is 339 g/mol. The number of hydrogen-bond acceptors (Lipinski definition) is 4. The summed E-state index contributed by atoms with van der Waals surface area (Å²) in [5.74, 6) is 0. The molecule has 0 atom stereocenters. The van der Waals surface area contributed by atoms with E-state index in [1.807, 2.05) is 0 Å². The van der Waals surface area contributed by atoms with Crippen molar-refractivity contribution >= 4 is 0 Å². The number of aliphatic hydroxyl groups excluding tert-OH is 1. The Morgan fingerprint density at radius 2 is 1.36 bits per heavy atom. The molecule has 0 aliphatic rings. The molecule has 0 fully saturated rings. The summed E-state index contributed by atoms with van der Waals surface area (Å²) in [5.41, 5.74) is 0. The molecule has 0 bridgehead atoms. The Morgan fingerprint density at radius 1 is 1.36 bits per heavy atom. The average molecular weight is 353 g/mol. The molecule has 0 aliphatic heterocycles. The molecule has 7 nitrogen and oxygen atoms in total. The first-order chi connectivity index (χ1) is 3.46. The molecular formula is C3H14N2O5Pt. The largest absolute Gasteiger partial charge is 0.412 e. The predicted molar refractivity (Wildman–Crippen MR) is 37.3 cm³/mol. The van der Waals surface area contributed by atoms with Crippen molar-refractivity contribution < 1.29 is 36.7 Å². The third-order valence-corrected chi connectivity index (χ3v) is 0. The zero-order valence-electron chi connectivity index (χ0n) is 6.51. The van der Waals surface area contributed by atoms with Crippen LogP contribution in [-0.4, -0.2) is 21.8 Å². The van der Waals surface area contributed by atoms with Crippen LogP contribution in [0.4, 0.5) is 0 Å². The Kier molecular flexibility index (Phi) is 63.4. The fraction of sp³-hybridized carbons (Fsp3) is 1.00. The first kappa shape index (κ1) is 30.9. The van der Waals surface area contributed by atoms with Gasteiger partial charge >= 0.3 is 0 Å². The van der Waals surface area contributed by atoms with Crippen molar-refractivity contribution in [3.05, 3.63) is 15.3 Å². The van der Waals surface area contributed by atoms with Crippen molar-refractivity contribution in [2.75, 3.05) is 0 Å². The molecule has 0 amide bonds. The molecule has 0 heterocycles. The van der Waals surface area contributed by atoms with E-state index in [9.17, 15) is 0 Å². The van der Waals surface area contributed by atoms with Crippen LogP contribution in [0.1, 0.15) is 13.8 Å². The van der Waals surface area contributed by atoms with Crippen molar-refractivity contribution in [1.29, 1.82) is 0 Å². The van der Waals surface area contributed by atoms with E-state index < -0.39 is 5.09 Å². The van der Waals surface area contributed by atoms with Gasteiger partial charge in [0, 0.05) is 27.2 Å². The van der Waals surface area contributed by atoms with E-state index in [1.165, 1.54) is 0 Å². The van der Waals surface area contributed by atoms with Gasteiger partial charge in [0.2, 0.25) is 0 Å². The van der Waals surface area contributed by atoms with E-state index >= 15 is 0 Å². The van der Waals surface area contributed by atoms with Crippen molar-refractivity contribution in [1.82, 2.24) is 6.15 Å². The van der Waals surface area contributed by atoms with E-state index in [0.717, 1.165) is 0 Å². The van der Waals surface area contributed by atoms with Crippen molar-refractivity contribution in [2.24, 2.45) is 0 Å². The van der Waals surface area contributed by atoms with E-state index in [-0.39, 0.29) is 38.8 Å². The summed E-state index contributed by atoms with van der Waals surface area (Å²) < 4.78 is 0. The molecule has 7 N–H and O–H groups in total. The van der Waals surface area contributed by atoms with E-state index in [2.05, 4.69) is 0 Å². The number of nitrogens with zero attached hydrogens (tertiary/aromatic N) is 1. The van der Waals surface area contributed by atoms with Gasteiger partial charge in [-0.25, -0.2) is 0 Å². The van der Waals surface area contributed by atoms with Crippen LogP contribution in [0.5, 0.6) is 0 Å². The minimum atomic E-state index is -1.75. The van der Waals surface area contributed by atoms with Crippen LogP contribution in [0.3, 0.4) is 0 Å². The van der Waals surface area contributed by atoms with Gasteiger partial charge in [-0.15, -0.1) is 0 Å². The number of quaternary nitrogens is 1. The van der Waals surface area contributed by atoms with Crippen LogP contribution >= 0.6 is 0 Å². The standard InChI is InChI=1S/C3H8O.NO3.H3N.H2O.Pt/c1-3(2)4;2-1(3)4;;;/h3-4H,1-2H3;;1H3;1H2;/q;-1;;;/p+1. The van der Waals surface area contributed by atoms with Crippen LogP contribution in [0.15, 0.2) is 0 Å². The summed E-state index contributed by atoms with van der Waals surface area (Å²) >= 11 is 0. The number of hydrogen-bond donors (Lipinski definition) is 2. The number of rotatable bonds is 0. The fourth-order valence-electron chi connectivity index (χ4n) is 0. The first-order valence-electron chi connectivity index (χ1n) is 1.96. The predicted octanol–water partition coefficient (Wildman–Crippen LogP) is -0.303. The minimum absolute atomic E-state index is 0. The third kappa shape index (κ3) is 11000. The summed E-state index contributed by atoms with van der Waals surface area (Å²) in [4.78, 5) is 8.25. The monoisotopic (exact) mass is 353 g/mol. The summed E-state index contributed by atoms with van der Waals surface area (Å²) in [6.07, 6.45) is -0.167. The Labute approximate surface area is 78.7 Å². The van der Waals surface area contributed by atoms with Crippen LogP contribution in [0.25, 0.3) is 0 Å².